The monoisotopic (exact) mass is 1060 g/mol. The number of nitrogens with two attached hydrogens (primary N) is 1. The molecule has 1 aromatic rings. The average Bonchev–Trinajstić information content (AvgIpc) is 3.65. The number of ether oxygens (including phenoxy) is 3. The molecule has 6 atom stereocenters. The molecule has 1 saturated heterocycles. The fourth-order valence-electron chi connectivity index (χ4n) is 8.94. The highest BCUT2D eigenvalue weighted by molar-refractivity contribution is 7.45. The number of aliphatic hydroxyl groups excluding tert-OH is 2. The maximum atomic E-state index is 12.8. The van der Waals surface area contributed by atoms with Gasteiger partial charge in [0.1, 0.15) is 30.7 Å². The van der Waals surface area contributed by atoms with Gasteiger partial charge in [-0.05, 0) is 38.2 Å². The predicted octanol–water partition coefficient (Wildman–Crippen LogP) is 10.6. The second-order valence-electron chi connectivity index (χ2n) is 20.5. The second-order valence-corrected chi connectivity index (χ2v) is 21.9. The third-order valence-corrected chi connectivity index (χ3v) is 14.6. The zero-order valence-electron chi connectivity index (χ0n) is 46.7. The Hall–Kier alpha value is -2.43. The molecule has 0 amide bonds. The van der Waals surface area contributed by atoms with Crippen LogP contribution in [0.3, 0.4) is 0 Å². The van der Waals surface area contributed by atoms with Crippen LogP contribution in [0.2, 0.25) is 0 Å². The smallest absolute Gasteiger partial charge is 0.351 e. The van der Waals surface area contributed by atoms with E-state index in [1.165, 1.54) is 186 Å². The van der Waals surface area contributed by atoms with Crippen molar-refractivity contribution in [3.8, 4) is 0 Å². The summed E-state index contributed by atoms with van der Waals surface area (Å²) in [6.07, 6.45) is 33.0. The summed E-state index contributed by atoms with van der Waals surface area (Å²) in [5, 5.41) is 21.0. The normalized spacial score (nSPS) is 17.8. The van der Waals surface area contributed by atoms with E-state index in [1.54, 1.807) is 0 Å². The van der Waals surface area contributed by atoms with E-state index in [1.807, 2.05) is 4.90 Å². The Kier molecular flexibility index (Phi) is 43.0. The molecule has 1 aromatic heterocycles. The number of rotatable bonds is 47. The first-order valence-corrected chi connectivity index (χ1v) is 30.9. The first kappa shape index (κ1) is 68.6. The molecule has 0 aromatic carbocycles. The van der Waals surface area contributed by atoms with Crippen molar-refractivity contribution in [1.82, 2.24) is 9.55 Å². The number of hydrogen-bond donors (Lipinski definition) is 4. The van der Waals surface area contributed by atoms with Crippen LogP contribution in [-0.2, 0) is 37.4 Å². The number of carbonyl (C=O) groups excluding carboxylic acids is 2. The largest absolute Gasteiger partial charge is 0.756 e. The molecule has 2 rings (SSSR count). The van der Waals surface area contributed by atoms with Crippen LogP contribution in [0.25, 0.3) is 0 Å². The Morgan fingerprint density at radius 3 is 1.48 bits per heavy atom. The number of hydrogen-bond acceptors (Lipinski definition) is 14. The zero-order chi connectivity index (χ0) is 53.8. The molecule has 73 heavy (non-hydrogen) atoms. The Bertz CT molecular complexity index is 1570. The van der Waals surface area contributed by atoms with Crippen LogP contribution in [-0.4, -0.2) is 95.6 Å². The molecule has 1 unspecified atom stereocenters. The van der Waals surface area contributed by atoms with E-state index in [4.69, 9.17) is 29.0 Å². The number of aliphatic hydroxyl groups is 2. The minimum absolute atomic E-state index is 0.0539. The highest BCUT2D eigenvalue weighted by atomic mass is 31.2. The number of carbonyl (C=O) groups is 2. The number of quaternary nitrogens is 1. The molecule has 1 aliphatic rings. The molecule has 0 saturated carbocycles. The van der Waals surface area contributed by atoms with Crippen LogP contribution in [0.1, 0.15) is 259 Å². The number of phosphoric ester groups is 1. The average molecular weight is 1060 g/mol. The summed E-state index contributed by atoms with van der Waals surface area (Å²) in [6.45, 7) is 13.7. The van der Waals surface area contributed by atoms with Crippen molar-refractivity contribution in [3.05, 3.63) is 22.7 Å². The molecular weight excluding hydrogens is 952 g/mol. The summed E-state index contributed by atoms with van der Waals surface area (Å²) < 4.78 is 40.1. The lowest BCUT2D eigenvalue weighted by Crippen LogP contribution is -3.12. The number of aromatic nitrogens is 2. The maximum Gasteiger partial charge on any atom is 0.351 e. The lowest BCUT2D eigenvalue weighted by Gasteiger charge is -2.27. The standard InChI is InChI=1S/C44H80N3O12P.C12H27N/c1-3-5-7-9-11-13-15-17-19-21-23-25-27-29-39(48)55-33-36(58-40(49)30-28-26-24-22-20-18-16-14-12-10-8-6-4-2)34-56-60(53,54)57-35-37-41(50)42(51)43(59-37)47-32-31-38(45)46-44(47)52;1-4-7-10-13(11-8-5-2)12-9-6-3/h31-32,36-37,41-43,50-51H,3-30,33-35H2,1-2H3,(H,53,54)(H2,45,46,52);4-12H2,1-3H3/t36-,37-,41-,42+,43-;/m1./s1. The molecule has 0 bridgehead atoms. The van der Waals surface area contributed by atoms with Gasteiger partial charge in [0, 0.05) is 19.0 Å². The Balaban J connectivity index is 0.00000179. The molecule has 2 heterocycles. The van der Waals surface area contributed by atoms with Crippen LogP contribution in [0.5, 0.6) is 0 Å². The minimum Gasteiger partial charge on any atom is -0.756 e. The van der Waals surface area contributed by atoms with Crippen molar-refractivity contribution >= 4 is 25.6 Å². The molecule has 1 aliphatic heterocycles. The SMILES string of the molecule is CCCCCCCCCCCCCCCC(=O)OC[C@H](COP(=O)([O-])OC[C@H]1O[C@@H](n2ccc(N)nc2=O)[C@@H](O)[C@@H]1O)OC(=O)CCCCCCCCCCCCCCC.CCCC[NH+](CCCC)CCCC. The molecular formula is C56H107N4O12P. The van der Waals surface area contributed by atoms with Gasteiger partial charge in [0.15, 0.2) is 12.3 Å². The zero-order valence-corrected chi connectivity index (χ0v) is 47.6. The molecule has 1 fully saturated rings. The van der Waals surface area contributed by atoms with Crippen molar-refractivity contribution in [3.63, 3.8) is 0 Å². The van der Waals surface area contributed by atoms with E-state index >= 15 is 0 Å². The molecule has 428 valence electrons. The van der Waals surface area contributed by atoms with Crippen molar-refractivity contribution in [1.29, 1.82) is 0 Å². The van der Waals surface area contributed by atoms with E-state index in [0.29, 0.717) is 12.8 Å². The van der Waals surface area contributed by atoms with Crippen LogP contribution in [0, 0.1) is 0 Å². The number of phosphoric acid groups is 1. The van der Waals surface area contributed by atoms with Gasteiger partial charge in [-0.15, -0.1) is 0 Å². The van der Waals surface area contributed by atoms with Crippen LogP contribution >= 0.6 is 7.82 Å². The lowest BCUT2D eigenvalue weighted by atomic mass is 10.0. The van der Waals surface area contributed by atoms with Gasteiger partial charge in [-0.1, -0.05) is 208 Å². The van der Waals surface area contributed by atoms with Gasteiger partial charge in [0.25, 0.3) is 7.82 Å². The van der Waals surface area contributed by atoms with Gasteiger partial charge in [-0.3, -0.25) is 18.7 Å². The van der Waals surface area contributed by atoms with Gasteiger partial charge in [0.05, 0.1) is 32.8 Å². The van der Waals surface area contributed by atoms with Crippen LogP contribution in [0.4, 0.5) is 5.82 Å². The Morgan fingerprint density at radius 2 is 1.05 bits per heavy atom. The fourth-order valence-corrected chi connectivity index (χ4v) is 9.69. The third kappa shape index (κ3) is 36.3. The summed E-state index contributed by atoms with van der Waals surface area (Å²) in [5.41, 5.74) is 4.67. The number of anilines is 1. The number of nitrogen functional groups attached to an aromatic ring is 1. The van der Waals surface area contributed by atoms with Gasteiger partial charge < -0.3 is 49.0 Å². The van der Waals surface area contributed by atoms with Crippen molar-refractivity contribution in [2.24, 2.45) is 0 Å². The molecule has 0 spiro atoms. The van der Waals surface area contributed by atoms with Crippen molar-refractivity contribution in [2.75, 3.05) is 45.2 Å². The summed E-state index contributed by atoms with van der Waals surface area (Å²) >= 11 is 0. The van der Waals surface area contributed by atoms with Crippen LogP contribution < -0.4 is 21.2 Å². The first-order valence-electron chi connectivity index (χ1n) is 29.5. The van der Waals surface area contributed by atoms with E-state index in [2.05, 4.69) is 39.6 Å². The molecule has 0 radical (unpaired) electrons. The number of unbranched alkanes of at least 4 members (excludes halogenated alkanes) is 27. The third-order valence-electron chi connectivity index (χ3n) is 13.6. The van der Waals surface area contributed by atoms with Crippen molar-refractivity contribution in [2.45, 2.75) is 284 Å². The molecule has 17 heteroatoms. The lowest BCUT2D eigenvalue weighted by molar-refractivity contribution is -0.900. The first-order chi connectivity index (χ1) is 35.3. The van der Waals surface area contributed by atoms with Gasteiger partial charge in [-0.2, -0.15) is 4.98 Å². The van der Waals surface area contributed by atoms with Gasteiger partial charge >= 0.3 is 17.6 Å². The quantitative estimate of drug-likeness (QED) is 0.0271. The minimum atomic E-state index is -5.09. The number of nitrogens with one attached hydrogen (secondary N) is 1. The topological polar surface area (TPSA) is 226 Å². The highest BCUT2D eigenvalue weighted by Crippen LogP contribution is 2.40. The van der Waals surface area contributed by atoms with E-state index in [0.717, 1.165) is 43.1 Å². The predicted molar refractivity (Wildman–Crippen MR) is 290 cm³/mol. The Labute approximate surface area is 442 Å². The molecule has 16 nitrogen and oxygen atoms in total. The summed E-state index contributed by atoms with van der Waals surface area (Å²) in [5.74, 6) is -1.09. The highest BCUT2D eigenvalue weighted by Gasteiger charge is 2.44. The summed E-state index contributed by atoms with van der Waals surface area (Å²) in [4.78, 5) is 55.8. The molecule has 5 N–H and O–H groups in total. The van der Waals surface area contributed by atoms with E-state index < -0.39 is 75.9 Å². The molecule has 0 aliphatic carbocycles. The van der Waals surface area contributed by atoms with E-state index in [-0.39, 0.29) is 18.7 Å². The maximum absolute atomic E-state index is 12.8. The fraction of sp³-hybridized carbons (Fsp3) is 0.893. The summed E-state index contributed by atoms with van der Waals surface area (Å²) in [6, 6.07) is 1.30. The van der Waals surface area contributed by atoms with Crippen LogP contribution in [0.15, 0.2) is 17.1 Å². The number of esters is 2. The number of nitrogens with zero attached hydrogens (tertiary/aromatic N) is 2. The van der Waals surface area contributed by atoms with E-state index in [9.17, 15) is 34.1 Å². The van der Waals surface area contributed by atoms with Gasteiger partial charge in [-0.25, -0.2) is 4.79 Å². The van der Waals surface area contributed by atoms with Crippen molar-refractivity contribution < 1.29 is 57.4 Å². The Morgan fingerprint density at radius 1 is 0.644 bits per heavy atom. The summed E-state index contributed by atoms with van der Waals surface area (Å²) in [7, 11) is -5.09. The second kappa shape index (κ2) is 45.7. The van der Waals surface area contributed by atoms with Gasteiger partial charge in [0.2, 0.25) is 0 Å².